The van der Waals surface area contributed by atoms with Gasteiger partial charge in [0, 0.05) is 19.1 Å². The summed E-state index contributed by atoms with van der Waals surface area (Å²) in [5.41, 5.74) is 0.775. The first-order valence-corrected chi connectivity index (χ1v) is 8.41. The summed E-state index contributed by atoms with van der Waals surface area (Å²) in [6, 6.07) is 4.37. The fourth-order valence-corrected chi connectivity index (χ4v) is 5.22. The maximum absolute atomic E-state index is 14.0. The number of sulfonamides is 1. The molecule has 0 radical (unpaired) electrons. The zero-order valence-electron chi connectivity index (χ0n) is 11.5. The van der Waals surface area contributed by atoms with Crippen molar-refractivity contribution in [1.29, 1.82) is 0 Å². The summed E-state index contributed by atoms with van der Waals surface area (Å²) in [6.07, 6.45) is 2.93. The maximum atomic E-state index is 14.0. The highest BCUT2D eigenvalue weighted by Crippen LogP contribution is 2.40. The predicted octanol–water partition coefficient (Wildman–Crippen LogP) is 1.72. The van der Waals surface area contributed by atoms with Crippen LogP contribution in [-0.4, -0.2) is 32.4 Å². The zero-order valence-corrected chi connectivity index (χ0v) is 12.3. The van der Waals surface area contributed by atoms with Gasteiger partial charge in [0.2, 0.25) is 10.0 Å². The number of nitrogens with zero attached hydrogens (tertiary/aromatic N) is 1. The van der Waals surface area contributed by atoms with Crippen molar-refractivity contribution in [3.8, 4) is 0 Å². The standard InChI is InChI=1S/C14H19FN2O2S/c1-16-8-10-3-5-13(15)14(7-10)20(18,19)17-9-11-2-4-12(17)6-11/h3,5,7,11-12,16H,2,4,6,8-9H2,1H3. The summed E-state index contributed by atoms with van der Waals surface area (Å²) in [4.78, 5) is -0.183. The van der Waals surface area contributed by atoms with E-state index >= 15 is 0 Å². The first-order chi connectivity index (χ1) is 9.52. The fraction of sp³-hybridized carbons (Fsp3) is 0.571. The minimum Gasteiger partial charge on any atom is -0.316 e. The van der Waals surface area contributed by atoms with Crippen LogP contribution in [-0.2, 0) is 16.6 Å². The van der Waals surface area contributed by atoms with E-state index in [-0.39, 0.29) is 10.9 Å². The maximum Gasteiger partial charge on any atom is 0.246 e. The summed E-state index contributed by atoms with van der Waals surface area (Å²) in [6.45, 7) is 1.07. The molecule has 4 nitrogen and oxygen atoms in total. The van der Waals surface area contributed by atoms with Crippen LogP contribution in [0.3, 0.4) is 0 Å². The second-order valence-electron chi connectivity index (χ2n) is 5.70. The van der Waals surface area contributed by atoms with Crippen molar-refractivity contribution in [2.24, 2.45) is 5.92 Å². The molecule has 1 saturated heterocycles. The molecule has 1 heterocycles. The third-order valence-corrected chi connectivity index (χ3v) is 6.26. The molecule has 20 heavy (non-hydrogen) atoms. The van der Waals surface area contributed by atoms with Gasteiger partial charge in [-0.1, -0.05) is 6.07 Å². The Morgan fingerprint density at radius 1 is 1.40 bits per heavy atom. The Morgan fingerprint density at radius 2 is 2.20 bits per heavy atom. The third kappa shape index (κ3) is 2.25. The molecule has 2 aliphatic rings. The van der Waals surface area contributed by atoms with E-state index < -0.39 is 15.8 Å². The number of hydrogen-bond donors (Lipinski definition) is 1. The molecule has 0 aromatic heterocycles. The first-order valence-electron chi connectivity index (χ1n) is 6.97. The van der Waals surface area contributed by atoms with Crippen LogP contribution >= 0.6 is 0 Å². The average molecular weight is 298 g/mol. The highest BCUT2D eigenvalue weighted by Gasteiger charge is 2.44. The Morgan fingerprint density at radius 3 is 2.80 bits per heavy atom. The summed E-state index contributed by atoms with van der Waals surface area (Å²) >= 11 is 0. The Kier molecular flexibility index (Phi) is 3.56. The average Bonchev–Trinajstić information content (AvgIpc) is 3.03. The van der Waals surface area contributed by atoms with Crippen LogP contribution in [0.25, 0.3) is 0 Å². The van der Waals surface area contributed by atoms with Crippen LogP contribution in [0, 0.1) is 11.7 Å². The highest BCUT2D eigenvalue weighted by atomic mass is 32.2. The minimum atomic E-state index is -3.71. The molecule has 1 aliphatic heterocycles. The predicted molar refractivity (Wildman–Crippen MR) is 74.2 cm³/mol. The quantitative estimate of drug-likeness (QED) is 0.921. The van der Waals surface area contributed by atoms with Crippen molar-refractivity contribution in [2.75, 3.05) is 13.6 Å². The highest BCUT2D eigenvalue weighted by molar-refractivity contribution is 7.89. The SMILES string of the molecule is CNCc1ccc(F)c(S(=O)(=O)N2CC3CCC2C3)c1. The van der Waals surface area contributed by atoms with Crippen LogP contribution in [0.1, 0.15) is 24.8 Å². The number of hydrogen-bond acceptors (Lipinski definition) is 3. The number of benzene rings is 1. The van der Waals surface area contributed by atoms with Crippen LogP contribution in [0.4, 0.5) is 4.39 Å². The molecule has 1 aromatic carbocycles. The smallest absolute Gasteiger partial charge is 0.246 e. The van der Waals surface area contributed by atoms with Gasteiger partial charge in [-0.25, -0.2) is 12.8 Å². The lowest BCUT2D eigenvalue weighted by molar-refractivity contribution is 0.332. The van der Waals surface area contributed by atoms with E-state index in [1.807, 2.05) is 0 Å². The topological polar surface area (TPSA) is 49.4 Å². The van der Waals surface area contributed by atoms with Crippen LogP contribution in [0.2, 0.25) is 0 Å². The van der Waals surface area contributed by atoms with Crippen molar-refractivity contribution < 1.29 is 12.8 Å². The van der Waals surface area contributed by atoms with Gasteiger partial charge in [-0.2, -0.15) is 4.31 Å². The van der Waals surface area contributed by atoms with Crippen LogP contribution < -0.4 is 5.32 Å². The molecule has 1 saturated carbocycles. The lowest BCUT2D eigenvalue weighted by Gasteiger charge is -2.26. The Bertz CT molecular complexity index is 618. The molecule has 110 valence electrons. The van der Waals surface area contributed by atoms with Crippen LogP contribution in [0.5, 0.6) is 0 Å². The van der Waals surface area contributed by atoms with Crippen molar-refractivity contribution in [2.45, 2.75) is 36.7 Å². The van der Waals surface area contributed by atoms with E-state index in [0.29, 0.717) is 19.0 Å². The first kappa shape index (κ1) is 14.0. The van der Waals surface area contributed by atoms with Gasteiger partial charge >= 0.3 is 0 Å². The van der Waals surface area contributed by atoms with E-state index in [2.05, 4.69) is 5.32 Å². The molecule has 1 N–H and O–H groups in total. The number of nitrogens with one attached hydrogen (secondary N) is 1. The molecular weight excluding hydrogens is 279 g/mol. The van der Waals surface area contributed by atoms with Crippen molar-refractivity contribution in [1.82, 2.24) is 9.62 Å². The molecule has 2 bridgehead atoms. The lowest BCUT2D eigenvalue weighted by atomic mass is 10.1. The van der Waals surface area contributed by atoms with E-state index in [4.69, 9.17) is 0 Å². The van der Waals surface area contributed by atoms with Gasteiger partial charge in [-0.15, -0.1) is 0 Å². The van der Waals surface area contributed by atoms with Crippen molar-refractivity contribution in [3.63, 3.8) is 0 Å². The summed E-state index contributed by atoms with van der Waals surface area (Å²) in [5, 5.41) is 2.95. The van der Waals surface area contributed by atoms with Gasteiger partial charge in [0.1, 0.15) is 10.7 Å². The normalized spacial score (nSPS) is 26.3. The molecule has 1 aliphatic carbocycles. The van der Waals surface area contributed by atoms with Gasteiger partial charge in [0.05, 0.1) is 0 Å². The zero-order chi connectivity index (χ0) is 14.3. The minimum absolute atomic E-state index is 0.0670. The van der Waals surface area contributed by atoms with Gasteiger partial charge in [-0.05, 0) is 49.9 Å². The molecule has 6 heteroatoms. The van der Waals surface area contributed by atoms with E-state index in [1.54, 1.807) is 13.1 Å². The molecule has 2 fully saturated rings. The van der Waals surface area contributed by atoms with E-state index in [0.717, 1.165) is 24.8 Å². The molecular formula is C14H19FN2O2S. The van der Waals surface area contributed by atoms with E-state index in [1.165, 1.54) is 16.4 Å². The number of halogens is 1. The summed E-state index contributed by atoms with van der Waals surface area (Å²) in [7, 11) is -1.94. The largest absolute Gasteiger partial charge is 0.316 e. The number of fused-ring (bicyclic) bond motifs is 2. The van der Waals surface area contributed by atoms with Crippen molar-refractivity contribution >= 4 is 10.0 Å². The Hall–Kier alpha value is -0.980. The Balaban J connectivity index is 1.96. The molecule has 0 amide bonds. The fourth-order valence-electron chi connectivity index (χ4n) is 3.36. The van der Waals surface area contributed by atoms with Gasteiger partial charge < -0.3 is 5.32 Å². The van der Waals surface area contributed by atoms with Crippen LogP contribution in [0.15, 0.2) is 23.1 Å². The monoisotopic (exact) mass is 298 g/mol. The lowest BCUT2D eigenvalue weighted by Crippen LogP contribution is -2.38. The van der Waals surface area contributed by atoms with Gasteiger partial charge in [0.25, 0.3) is 0 Å². The van der Waals surface area contributed by atoms with E-state index in [9.17, 15) is 12.8 Å². The van der Waals surface area contributed by atoms with Gasteiger partial charge in [0.15, 0.2) is 0 Å². The second-order valence-corrected chi connectivity index (χ2v) is 7.56. The summed E-state index contributed by atoms with van der Waals surface area (Å²) in [5.74, 6) is -0.203. The Labute approximate surface area is 119 Å². The number of piperidine rings is 1. The summed E-state index contributed by atoms with van der Waals surface area (Å²) < 4.78 is 40.8. The molecule has 3 rings (SSSR count). The third-order valence-electron chi connectivity index (χ3n) is 4.32. The van der Waals surface area contributed by atoms with Crippen molar-refractivity contribution in [3.05, 3.63) is 29.6 Å². The molecule has 1 aromatic rings. The molecule has 0 spiro atoms. The molecule has 2 unspecified atom stereocenters. The number of rotatable bonds is 4. The molecule has 2 atom stereocenters. The van der Waals surface area contributed by atoms with Gasteiger partial charge in [-0.3, -0.25) is 0 Å². The second kappa shape index (κ2) is 5.09.